The van der Waals surface area contributed by atoms with E-state index >= 15 is 0 Å². The van der Waals surface area contributed by atoms with Crippen LogP contribution in [0, 0.1) is 0 Å². The van der Waals surface area contributed by atoms with Gasteiger partial charge in [-0.2, -0.15) is 0 Å². The highest BCUT2D eigenvalue weighted by Gasteiger charge is 2.10. The van der Waals surface area contributed by atoms with Crippen LogP contribution >= 0.6 is 11.6 Å². The summed E-state index contributed by atoms with van der Waals surface area (Å²) in [6, 6.07) is 8.29. The number of aromatic nitrogens is 1. The van der Waals surface area contributed by atoms with Crippen LogP contribution in [0.5, 0.6) is 5.75 Å². The zero-order valence-electron chi connectivity index (χ0n) is 12.0. The lowest BCUT2D eigenvalue weighted by Gasteiger charge is -2.15. The number of nitrogens with one attached hydrogen (secondary N) is 1. The third kappa shape index (κ3) is 3.30. The van der Waals surface area contributed by atoms with Crippen LogP contribution in [0.2, 0.25) is 5.02 Å². The van der Waals surface area contributed by atoms with Crippen LogP contribution in [0.3, 0.4) is 0 Å². The minimum atomic E-state index is 0.241. The first-order chi connectivity index (χ1) is 9.65. The maximum atomic E-state index is 6.39. The number of nitrogens with zero attached hydrogens (tertiary/aromatic N) is 1. The smallest absolute Gasteiger partial charge is 0.137 e. The molecule has 0 aliphatic carbocycles. The fraction of sp³-hybridized carbons (Fsp3) is 0.312. The predicted molar refractivity (Wildman–Crippen MR) is 83.3 cm³/mol. The van der Waals surface area contributed by atoms with Crippen molar-refractivity contribution in [3.63, 3.8) is 0 Å². The Kier molecular flexibility index (Phi) is 4.99. The fourth-order valence-electron chi connectivity index (χ4n) is 2.16. The quantitative estimate of drug-likeness (QED) is 0.901. The third-order valence-electron chi connectivity index (χ3n) is 3.26. The van der Waals surface area contributed by atoms with Crippen molar-refractivity contribution in [1.82, 2.24) is 10.3 Å². The van der Waals surface area contributed by atoms with E-state index in [0.717, 1.165) is 34.0 Å². The Balaban J connectivity index is 2.32. The zero-order valence-corrected chi connectivity index (χ0v) is 12.7. The minimum Gasteiger partial charge on any atom is -0.495 e. The molecule has 0 saturated heterocycles. The molecule has 1 unspecified atom stereocenters. The molecule has 0 aliphatic heterocycles. The number of benzene rings is 1. The Morgan fingerprint density at radius 3 is 2.70 bits per heavy atom. The van der Waals surface area contributed by atoms with Crippen molar-refractivity contribution in [3.8, 4) is 16.9 Å². The summed E-state index contributed by atoms with van der Waals surface area (Å²) in [6.07, 6.45) is 3.49. The summed E-state index contributed by atoms with van der Waals surface area (Å²) < 4.78 is 5.19. The first kappa shape index (κ1) is 14.8. The molecule has 0 aliphatic rings. The highest BCUT2D eigenvalue weighted by atomic mass is 35.5. The van der Waals surface area contributed by atoms with Crippen LogP contribution < -0.4 is 10.1 Å². The van der Waals surface area contributed by atoms with Gasteiger partial charge in [0, 0.05) is 22.8 Å². The molecule has 20 heavy (non-hydrogen) atoms. The van der Waals surface area contributed by atoms with Crippen molar-refractivity contribution in [2.45, 2.75) is 19.9 Å². The molecule has 0 fully saturated rings. The van der Waals surface area contributed by atoms with Gasteiger partial charge in [0.1, 0.15) is 5.75 Å². The molecule has 0 amide bonds. The summed E-state index contributed by atoms with van der Waals surface area (Å²) in [6.45, 7) is 5.11. The molecule has 0 bridgehead atoms. The maximum Gasteiger partial charge on any atom is 0.137 e. The van der Waals surface area contributed by atoms with E-state index in [1.807, 2.05) is 18.3 Å². The van der Waals surface area contributed by atoms with Crippen molar-refractivity contribution in [1.29, 1.82) is 0 Å². The molecule has 0 radical (unpaired) electrons. The SMILES string of the molecule is CCNC(C)c1ccc(-c2cncc(OC)c2)cc1Cl. The second-order valence-electron chi connectivity index (χ2n) is 4.63. The van der Waals surface area contributed by atoms with Gasteiger partial charge in [0.25, 0.3) is 0 Å². The Morgan fingerprint density at radius 1 is 1.25 bits per heavy atom. The van der Waals surface area contributed by atoms with Gasteiger partial charge in [-0.15, -0.1) is 0 Å². The molecular weight excluding hydrogens is 272 g/mol. The molecule has 4 heteroatoms. The number of halogens is 1. The average Bonchev–Trinajstić information content (AvgIpc) is 2.47. The predicted octanol–water partition coefficient (Wildman–Crippen LogP) is 4.08. The number of hydrogen-bond donors (Lipinski definition) is 1. The van der Waals surface area contributed by atoms with Gasteiger partial charge in [0.05, 0.1) is 13.3 Å². The van der Waals surface area contributed by atoms with Crippen LogP contribution in [0.15, 0.2) is 36.7 Å². The van der Waals surface area contributed by atoms with Gasteiger partial charge >= 0.3 is 0 Å². The van der Waals surface area contributed by atoms with Gasteiger partial charge in [-0.05, 0) is 36.7 Å². The Bertz CT molecular complexity index is 586. The van der Waals surface area contributed by atoms with Crippen molar-refractivity contribution < 1.29 is 4.74 Å². The first-order valence-corrected chi connectivity index (χ1v) is 7.05. The summed E-state index contributed by atoms with van der Waals surface area (Å²) in [4.78, 5) is 4.17. The van der Waals surface area contributed by atoms with E-state index in [1.165, 1.54) is 0 Å². The van der Waals surface area contributed by atoms with Crippen LogP contribution in [-0.2, 0) is 0 Å². The van der Waals surface area contributed by atoms with Gasteiger partial charge in [-0.3, -0.25) is 4.98 Å². The molecule has 0 spiro atoms. The van der Waals surface area contributed by atoms with Crippen LogP contribution in [-0.4, -0.2) is 18.6 Å². The minimum absolute atomic E-state index is 0.241. The topological polar surface area (TPSA) is 34.2 Å². The second-order valence-corrected chi connectivity index (χ2v) is 5.04. The fourth-order valence-corrected chi connectivity index (χ4v) is 2.51. The standard InChI is InChI=1S/C16H19ClN2O/c1-4-19-11(2)15-6-5-12(8-16(15)17)13-7-14(20-3)10-18-9-13/h5-11,19H,4H2,1-3H3. The number of pyridine rings is 1. The lowest BCUT2D eigenvalue weighted by Crippen LogP contribution is -2.17. The summed E-state index contributed by atoms with van der Waals surface area (Å²) in [5, 5.41) is 4.13. The van der Waals surface area contributed by atoms with E-state index in [0.29, 0.717) is 0 Å². The van der Waals surface area contributed by atoms with Crippen LogP contribution in [0.1, 0.15) is 25.5 Å². The highest BCUT2D eigenvalue weighted by molar-refractivity contribution is 6.31. The Labute approximate surface area is 124 Å². The van der Waals surface area contributed by atoms with E-state index in [9.17, 15) is 0 Å². The van der Waals surface area contributed by atoms with Gasteiger partial charge in [0.15, 0.2) is 0 Å². The summed E-state index contributed by atoms with van der Waals surface area (Å²) in [7, 11) is 1.63. The van der Waals surface area contributed by atoms with E-state index < -0.39 is 0 Å². The van der Waals surface area contributed by atoms with E-state index in [4.69, 9.17) is 16.3 Å². The molecule has 1 aromatic carbocycles. The van der Waals surface area contributed by atoms with Gasteiger partial charge in [-0.1, -0.05) is 30.7 Å². The maximum absolute atomic E-state index is 6.39. The Morgan fingerprint density at radius 2 is 2.05 bits per heavy atom. The lowest BCUT2D eigenvalue weighted by atomic mass is 10.0. The normalized spacial score (nSPS) is 12.2. The molecule has 1 N–H and O–H groups in total. The number of methoxy groups -OCH3 is 1. The molecule has 106 valence electrons. The summed E-state index contributed by atoms with van der Waals surface area (Å²) in [5.41, 5.74) is 3.14. The number of rotatable bonds is 5. The molecular formula is C16H19ClN2O. The summed E-state index contributed by atoms with van der Waals surface area (Å²) in [5.74, 6) is 0.740. The van der Waals surface area contributed by atoms with Crippen molar-refractivity contribution in [2.75, 3.05) is 13.7 Å². The van der Waals surface area contributed by atoms with Crippen molar-refractivity contribution in [2.24, 2.45) is 0 Å². The lowest BCUT2D eigenvalue weighted by molar-refractivity contribution is 0.413. The third-order valence-corrected chi connectivity index (χ3v) is 3.59. The molecule has 2 rings (SSSR count). The Hall–Kier alpha value is -1.58. The molecule has 2 aromatic rings. The molecule has 1 heterocycles. The molecule has 3 nitrogen and oxygen atoms in total. The highest BCUT2D eigenvalue weighted by Crippen LogP contribution is 2.30. The first-order valence-electron chi connectivity index (χ1n) is 6.68. The monoisotopic (exact) mass is 290 g/mol. The second kappa shape index (κ2) is 6.73. The molecule has 1 atom stereocenters. The average molecular weight is 291 g/mol. The van der Waals surface area contributed by atoms with Crippen LogP contribution in [0.25, 0.3) is 11.1 Å². The van der Waals surface area contributed by atoms with Gasteiger partial charge < -0.3 is 10.1 Å². The number of ether oxygens (including phenoxy) is 1. The molecule has 1 aromatic heterocycles. The van der Waals surface area contributed by atoms with Gasteiger partial charge in [0.2, 0.25) is 0 Å². The van der Waals surface area contributed by atoms with E-state index in [-0.39, 0.29) is 6.04 Å². The largest absolute Gasteiger partial charge is 0.495 e. The van der Waals surface area contributed by atoms with E-state index in [1.54, 1.807) is 13.3 Å². The van der Waals surface area contributed by atoms with Gasteiger partial charge in [-0.25, -0.2) is 0 Å². The zero-order chi connectivity index (χ0) is 14.5. The van der Waals surface area contributed by atoms with Crippen LogP contribution in [0.4, 0.5) is 0 Å². The summed E-state index contributed by atoms with van der Waals surface area (Å²) >= 11 is 6.39. The molecule has 0 saturated carbocycles. The number of hydrogen-bond acceptors (Lipinski definition) is 3. The van der Waals surface area contributed by atoms with Crippen molar-refractivity contribution in [3.05, 3.63) is 47.2 Å². The van der Waals surface area contributed by atoms with Crippen molar-refractivity contribution >= 4 is 11.6 Å². The van der Waals surface area contributed by atoms with E-state index in [2.05, 4.69) is 36.3 Å².